The molecule has 1 aliphatic heterocycles. The van der Waals surface area contributed by atoms with E-state index in [1.807, 2.05) is 30.6 Å². The van der Waals surface area contributed by atoms with Crippen LogP contribution >= 0.6 is 0 Å². The Labute approximate surface area is 123 Å². The summed E-state index contributed by atoms with van der Waals surface area (Å²) in [5.74, 6) is 0. The molecule has 2 aromatic heterocycles. The van der Waals surface area contributed by atoms with E-state index in [2.05, 4.69) is 38.6 Å². The van der Waals surface area contributed by atoms with Gasteiger partial charge in [0.05, 0.1) is 30.8 Å². The van der Waals surface area contributed by atoms with Gasteiger partial charge in [0, 0.05) is 37.0 Å². The smallest absolute Gasteiger partial charge is 0.139 e. The molecule has 0 amide bonds. The molecule has 1 radical (unpaired) electrons. The van der Waals surface area contributed by atoms with Gasteiger partial charge in [-0.05, 0) is 0 Å². The number of hydrogen-bond acceptors (Lipinski definition) is 3. The zero-order valence-electron chi connectivity index (χ0n) is 11.7. The van der Waals surface area contributed by atoms with Gasteiger partial charge < -0.3 is 9.64 Å². The average molecular weight is 278 g/mol. The Morgan fingerprint density at radius 1 is 1.10 bits per heavy atom. The predicted molar refractivity (Wildman–Crippen MR) is 82.5 cm³/mol. The lowest BCUT2D eigenvalue weighted by molar-refractivity contribution is 0.122. The molecule has 1 aliphatic rings. The lowest BCUT2D eigenvalue weighted by Crippen LogP contribution is -2.36. The van der Waals surface area contributed by atoms with Crippen LogP contribution in [0.5, 0.6) is 0 Å². The van der Waals surface area contributed by atoms with Crippen molar-refractivity contribution in [2.24, 2.45) is 0 Å². The van der Waals surface area contributed by atoms with Crippen LogP contribution in [0, 0.1) is 6.07 Å². The number of pyridine rings is 1. The highest BCUT2D eigenvalue weighted by atomic mass is 16.5. The molecule has 4 rings (SSSR count). The Kier molecular flexibility index (Phi) is 3.09. The maximum atomic E-state index is 5.39. The summed E-state index contributed by atoms with van der Waals surface area (Å²) in [6, 6.07) is 15.8. The summed E-state index contributed by atoms with van der Waals surface area (Å²) in [4.78, 5) is 6.83. The van der Waals surface area contributed by atoms with Crippen molar-refractivity contribution in [3.63, 3.8) is 0 Å². The molecule has 105 valence electrons. The Morgan fingerprint density at radius 3 is 2.71 bits per heavy atom. The first-order valence-corrected chi connectivity index (χ1v) is 7.19. The number of aromatic nitrogens is 2. The molecular formula is C17H16N3O. The molecule has 0 spiro atoms. The highest BCUT2D eigenvalue weighted by Gasteiger charge is 2.13. The molecule has 4 heteroatoms. The van der Waals surface area contributed by atoms with Crippen LogP contribution in [0.3, 0.4) is 0 Å². The third kappa shape index (κ3) is 2.28. The van der Waals surface area contributed by atoms with E-state index in [1.54, 1.807) is 0 Å². The maximum Gasteiger partial charge on any atom is 0.139 e. The summed E-state index contributed by atoms with van der Waals surface area (Å²) in [6.07, 6.45) is 3.90. The van der Waals surface area contributed by atoms with Gasteiger partial charge in [-0.15, -0.1) is 0 Å². The summed E-state index contributed by atoms with van der Waals surface area (Å²) < 4.78 is 7.48. The van der Waals surface area contributed by atoms with Crippen LogP contribution in [0.2, 0.25) is 0 Å². The molecule has 0 N–H and O–H groups in total. The Morgan fingerprint density at radius 2 is 1.90 bits per heavy atom. The fourth-order valence-electron chi connectivity index (χ4n) is 2.72. The number of benzene rings is 1. The van der Waals surface area contributed by atoms with Crippen LogP contribution in [0.25, 0.3) is 16.9 Å². The van der Waals surface area contributed by atoms with Crippen molar-refractivity contribution < 1.29 is 4.74 Å². The second kappa shape index (κ2) is 5.22. The summed E-state index contributed by atoms with van der Waals surface area (Å²) in [5.41, 5.74) is 4.30. The van der Waals surface area contributed by atoms with Gasteiger partial charge >= 0.3 is 0 Å². The van der Waals surface area contributed by atoms with Crippen molar-refractivity contribution in [2.45, 2.75) is 0 Å². The van der Waals surface area contributed by atoms with Crippen molar-refractivity contribution in [1.29, 1.82) is 0 Å². The standard InChI is InChI=1S/C17H16N3O/c1-2-4-14(5-3-1)16-13-18-17-12-15(6-7-20(16)17)19-8-10-21-11-9-19/h1-5,7,12-13H,8-11H2. The number of nitrogens with zero attached hydrogens (tertiary/aromatic N) is 3. The first-order valence-electron chi connectivity index (χ1n) is 7.19. The quantitative estimate of drug-likeness (QED) is 0.722. The van der Waals surface area contributed by atoms with Crippen LogP contribution in [-0.4, -0.2) is 35.7 Å². The van der Waals surface area contributed by atoms with Crippen LogP contribution < -0.4 is 4.90 Å². The van der Waals surface area contributed by atoms with E-state index in [0.29, 0.717) is 0 Å². The second-order valence-electron chi connectivity index (χ2n) is 5.14. The minimum Gasteiger partial charge on any atom is -0.378 e. The molecule has 0 bridgehead atoms. The average Bonchev–Trinajstić information content (AvgIpc) is 2.99. The normalized spacial score (nSPS) is 15.5. The van der Waals surface area contributed by atoms with E-state index < -0.39 is 0 Å². The predicted octanol–water partition coefficient (Wildman–Crippen LogP) is 2.64. The highest BCUT2D eigenvalue weighted by molar-refractivity contribution is 5.66. The molecule has 1 fully saturated rings. The molecule has 1 saturated heterocycles. The summed E-state index contributed by atoms with van der Waals surface area (Å²) in [5, 5.41) is 0. The first-order chi connectivity index (χ1) is 10.4. The van der Waals surface area contributed by atoms with Gasteiger partial charge in [-0.3, -0.25) is 4.40 Å². The zero-order valence-corrected chi connectivity index (χ0v) is 11.7. The summed E-state index contributed by atoms with van der Waals surface area (Å²) >= 11 is 0. The maximum absolute atomic E-state index is 5.39. The number of anilines is 1. The van der Waals surface area contributed by atoms with Gasteiger partial charge in [-0.1, -0.05) is 30.3 Å². The molecular weight excluding hydrogens is 262 g/mol. The Hall–Kier alpha value is -2.33. The topological polar surface area (TPSA) is 29.8 Å². The number of morpholine rings is 1. The number of fused-ring (bicyclic) bond motifs is 1. The largest absolute Gasteiger partial charge is 0.378 e. The van der Waals surface area contributed by atoms with Crippen LogP contribution in [-0.2, 0) is 4.74 Å². The van der Waals surface area contributed by atoms with E-state index in [-0.39, 0.29) is 0 Å². The lowest BCUT2D eigenvalue weighted by atomic mass is 10.2. The van der Waals surface area contributed by atoms with Crippen LogP contribution in [0.15, 0.2) is 48.8 Å². The third-order valence-electron chi connectivity index (χ3n) is 3.85. The van der Waals surface area contributed by atoms with Crippen LogP contribution in [0.1, 0.15) is 0 Å². The molecule has 3 aromatic rings. The first kappa shape index (κ1) is 12.4. The number of imidazole rings is 1. The van der Waals surface area contributed by atoms with Gasteiger partial charge in [-0.25, -0.2) is 4.98 Å². The van der Waals surface area contributed by atoms with Crippen LogP contribution in [0.4, 0.5) is 5.69 Å². The van der Waals surface area contributed by atoms with E-state index >= 15 is 0 Å². The van der Waals surface area contributed by atoms with E-state index in [1.165, 1.54) is 0 Å². The minimum atomic E-state index is 0.780. The van der Waals surface area contributed by atoms with Crippen molar-refractivity contribution in [1.82, 2.24) is 9.38 Å². The number of ether oxygens (including phenoxy) is 1. The number of hydrogen-bond donors (Lipinski definition) is 0. The molecule has 4 nitrogen and oxygen atoms in total. The van der Waals surface area contributed by atoms with Gasteiger partial charge in [0.2, 0.25) is 0 Å². The molecule has 0 atom stereocenters. The minimum absolute atomic E-state index is 0.780. The molecule has 0 aliphatic carbocycles. The van der Waals surface area contributed by atoms with E-state index in [9.17, 15) is 0 Å². The van der Waals surface area contributed by atoms with E-state index in [0.717, 1.165) is 48.9 Å². The fraction of sp³-hybridized carbons (Fsp3) is 0.235. The van der Waals surface area contributed by atoms with Crippen molar-refractivity contribution >= 4 is 11.3 Å². The zero-order chi connectivity index (χ0) is 14.1. The highest BCUT2D eigenvalue weighted by Crippen LogP contribution is 2.23. The third-order valence-corrected chi connectivity index (χ3v) is 3.85. The summed E-state index contributed by atoms with van der Waals surface area (Å²) in [6.45, 7) is 3.39. The Balaban J connectivity index is 1.74. The lowest BCUT2D eigenvalue weighted by Gasteiger charge is -2.28. The molecule has 1 aromatic carbocycles. The summed E-state index contributed by atoms with van der Waals surface area (Å²) in [7, 11) is 0. The van der Waals surface area contributed by atoms with Gasteiger partial charge in [0.15, 0.2) is 0 Å². The molecule has 0 saturated carbocycles. The van der Waals surface area contributed by atoms with Crippen molar-refractivity contribution in [3.8, 4) is 11.3 Å². The van der Waals surface area contributed by atoms with E-state index in [4.69, 9.17) is 4.74 Å². The monoisotopic (exact) mass is 278 g/mol. The molecule has 3 heterocycles. The fourth-order valence-corrected chi connectivity index (χ4v) is 2.72. The van der Waals surface area contributed by atoms with Gasteiger partial charge in [0.25, 0.3) is 0 Å². The molecule has 0 unspecified atom stereocenters. The van der Waals surface area contributed by atoms with Gasteiger partial charge in [0.1, 0.15) is 5.65 Å². The Bertz CT molecular complexity index is 745. The van der Waals surface area contributed by atoms with Crippen molar-refractivity contribution in [2.75, 3.05) is 31.2 Å². The second-order valence-corrected chi connectivity index (χ2v) is 5.14. The van der Waals surface area contributed by atoms with Gasteiger partial charge in [-0.2, -0.15) is 0 Å². The molecule has 21 heavy (non-hydrogen) atoms. The number of rotatable bonds is 2. The SMILES string of the molecule is [c]1cn2c(-c3ccccc3)cnc2cc1N1CCOCC1. The van der Waals surface area contributed by atoms with Crippen molar-refractivity contribution in [3.05, 3.63) is 54.9 Å².